The molecule has 8 unspecified atom stereocenters. The maximum atomic E-state index is 14.1. The molecule has 34 heavy (non-hydrogen) atoms. The first-order valence-corrected chi connectivity index (χ1v) is 13.8. The van der Waals surface area contributed by atoms with E-state index in [2.05, 4.69) is 33.8 Å². The fraction of sp³-hybridized carbons (Fsp3) is 0.833. The lowest BCUT2D eigenvalue weighted by Crippen LogP contribution is -2.62. The zero-order chi connectivity index (χ0) is 24.6. The highest BCUT2D eigenvalue weighted by Crippen LogP contribution is 2.69. The van der Waals surface area contributed by atoms with Gasteiger partial charge in [0.2, 0.25) is 0 Å². The summed E-state index contributed by atoms with van der Waals surface area (Å²) in [4.78, 5) is 38.1. The Morgan fingerprint density at radius 1 is 0.912 bits per heavy atom. The third-order valence-corrected chi connectivity index (χ3v) is 11.9. The summed E-state index contributed by atoms with van der Waals surface area (Å²) in [6, 6.07) is 0. The van der Waals surface area contributed by atoms with Crippen molar-refractivity contribution < 1.29 is 19.1 Å². The van der Waals surface area contributed by atoms with Gasteiger partial charge in [0.1, 0.15) is 11.9 Å². The van der Waals surface area contributed by atoms with Gasteiger partial charge in [-0.1, -0.05) is 33.3 Å². The molecule has 0 aliphatic heterocycles. The van der Waals surface area contributed by atoms with Crippen LogP contribution in [0.3, 0.4) is 0 Å². The fourth-order valence-electron chi connectivity index (χ4n) is 10.1. The molecule has 0 radical (unpaired) electrons. The average molecular weight is 469 g/mol. The van der Waals surface area contributed by atoms with Crippen molar-refractivity contribution in [3.8, 4) is 0 Å². The summed E-state index contributed by atoms with van der Waals surface area (Å²) in [5.41, 5.74) is 1.57. The van der Waals surface area contributed by atoms with Crippen molar-refractivity contribution in [2.45, 2.75) is 105 Å². The maximum Gasteiger partial charge on any atom is 0.302 e. The Balaban J connectivity index is 1.50. The molecule has 0 aromatic heterocycles. The molecule has 0 saturated heterocycles. The quantitative estimate of drug-likeness (QED) is 0.445. The van der Waals surface area contributed by atoms with Crippen LogP contribution in [0.5, 0.6) is 0 Å². The van der Waals surface area contributed by atoms with E-state index in [-0.39, 0.29) is 46.1 Å². The highest BCUT2D eigenvalue weighted by molar-refractivity contribution is 5.95. The minimum Gasteiger partial charge on any atom is -0.462 e. The van der Waals surface area contributed by atoms with Crippen molar-refractivity contribution >= 4 is 17.5 Å². The van der Waals surface area contributed by atoms with Crippen LogP contribution in [0, 0.1) is 51.8 Å². The van der Waals surface area contributed by atoms with E-state index in [0.717, 1.165) is 44.9 Å². The first-order valence-electron chi connectivity index (χ1n) is 13.8. The summed E-state index contributed by atoms with van der Waals surface area (Å²) in [5.74, 6) is 2.20. The lowest BCUT2D eigenvalue weighted by molar-refractivity contribution is -0.180. The van der Waals surface area contributed by atoms with Crippen molar-refractivity contribution in [2.75, 3.05) is 0 Å². The molecule has 0 aromatic rings. The van der Waals surface area contributed by atoms with E-state index in [4.69, 9.17) is 4.74 Å². The first-order chi connectivity index (χ1) is 15.9. The molecule has 10 atom stereocenters. The molecule has 0 spiro atoms. The number of esters is 1. The SMILES string of the molecule is CC(=O)O[C@H]1CCC2(C)C(CCC3(C)C4CC[C@@]5(C)CCC(C(C)=O)CC5C4=CC(=O)C32)C1C. The topological polar surface area (TPSA) is 60.4 Å². The van der Waals surface area contributed by atoms with Crippen LogP contribution in [0.1, 0.15) is 99.3 Å². The largest absolute Gasteiger partial charge is 0.462 e. The van der Waals surface area contributed by atoms with E-state index in [1.807, 2.05) is 0 Å². The summed E-state index contributed by atoms with van der Waals surface area (Å²) < 4.78 is 5.71. The third kappa shape index (κ3) is 3.40. The lowest BCUT2D eigenvalue weighted by atomic mass is 9.38. The first kappa shape index (κ1) is 24.3. The number of hydrogen-bond donors (Lipinski definition) is 0. The predicted octanol–water partition coefficient (Wildman–Crippen LogP) is 6.32. The molecule has 0 heterocycles. The Labute approximate surface area is 205 Å². The Bertz CT molecular complexity index is 934. The minimum atomic E-state index is -0.191. The number of allylic oxidation sites excluding steroid dienone is 2. The predicted molar refractivity (Wildman–Crippen MR) is 132 cm³/mol. The molecule has 0 bridgehead atoms. The zero-order valence-electron chi connectivity index (χ0n) is 22.1. The van der Waals surface area contributed by atoms with Gasteiger partial charge in [-0.15, -0.1) is 0 Å². The van der Waals surface area contributed by atoms with Gasteiger partial charge in [0.05, 0.1) is 0 Å². The van der Waals surface area contributed by atoms with Gasteiger partial charge in [-0.05, 0) is 111 Å². The van der Waals surface area contributed by atoms with Crippen LogP contribution in [-0.2, 0) is 19.1 Å². The summed E-state index contributed by atoms with van der Waals surface area (Å²) >= 11 is 0. The molecule has 0 aromatic carbocycles. The number of hydrogen-bond acceptors (Lipinski definition) is 4. The second-order valence-corrected chi connectivity index (χ2v) is 13.6. The average Bonchev–Trinajstić information content (AvgIpc) is 2.74. The van der Waals surface area contributed by atoms with Crippen LogP contribution < -0.4 is 0 Å². The molecule has 0 amide bonds. The van der Waals surface area contributed by atoms with Crippen LogP contribution in [0.15, 0.2) is 11.6 Å². The Morgan fingerprint density at radius 3 is 2.26 bits per heavy atom. The number of ketones is 2. The van der Waals surface area contributed by atoms with Crippen LogP contribution >= 0.6 is 0 Å². The Hall–Kier alpha value is -1.45. The number of carbonyl (C=O) groups excluding carboxylic acids is 3. The second kappa shape index (κ2) is 8.03. The van der Waals surface area contributed by atoms with Gasteiger partial charge in [0.25, 0.3) is 0 Å². The van der Waals surface area contributed by atoms with E-state index in [9.17, 15) is 14.4 Å². The van der Waals surface area contributed by atoms with E-state index in [0.29, 0.717) is 29.3 Å². The number of rotatable bonds is 2. The number of ether oxygens (including phenoxy) is 1. The maximum absolute atomic E-state index is 14.1. The normalized spacial score (nSPS) is 50.1. The van der Waals surface area contributed by atoms with Crippen molar-refractivity contribution in [2.24, 2.45) is 51.8 Å². The van der Waals surface area contributed by atoms with Gasteiger partial charge in [0.15, 0.2) is 5.78 Å². The third-order valence-electron chi connectivity index (χ3n) is 11.9. The lowest BCUT2D eigenvalue weighted by Gasteiger charge is -2.65. The molecule has 5 aliphatic rings. The molecule has 188 valence electrons. The summed E-state index contributed by atoms with van der Waals surface area (Å²) in [5, 5.41) is 0. The van der Waals surface area contributed by atoms with Crippen molar-refractivity contribution in [3.63, 3.8) is 0 Å². The molecule has 4 saturated carbocycles. The molecule has 5 aliphatic carbocycles. The van der Waals surface area contributed by atoms with Gasteiger partial charge < -0.3 is 4.74 Å². The molecule has 0 N–H and O–H groups in total. The van der Waals surface area contributed by atoms with Crippen LogP contribution in [0.4, 0.5) is 0 Å². The number of Topliss-reactive ketones (excluding diaryl/α,β-unsaturated/α-hetero) is 1. The Morgan fingerprint density at radius 2 is 1.59 bits per heavy atom. The standard InChI is InChI=1S/C30H44O4/c1-17-22-9-13-30(6)23-8-12-28(4)11-7-20(18(2)31)15-24(28)21(23)16-25(33)27(30)29(22,5)14-10-26(17)34-19(3)32/h16-17,20,22-24,26-27H,7-15H2,1-6H3/t17?,20?,22?,23?,24?,26-,27?,28+,29?,30?/m0/s1. The molecule has 4 fully saturated rings. The molecular formula is C30H44O4. The van der Waals surface area contributed by atoms with E-state index in [1.54, 1.807) is 6.92 Å². The van der Waals surface area contributed by atoms with Gasteiger partial charge in [-0.25, -0.2) is 0 Å². The smallest absolute Gasteiger partial charge is 0.302 e. The van der Waals surface area contributed by atoms with E-state index < -0.39 is 0 Å². The summed E-state index contributed by atoms with van der Waals surface area (Å²) in [6.45, 7) is 12.7. The number of carbonyl (C=O) groups is 3. The van der Waals surface area contributed by atoms with E-state index >= 15 is 0 Å². The van der Waals surface area contributed by atoms with Gasteiger partial charge >= 0.3 is 5.97 Å². The van der Waals surface area contributed by atoms with Crippen LogP contribution in [-0.4, -0.2) is 23.6 Å². The van der Waals surface area contributed by atoms with E-state index in [1.165, 1.54) is 25.3 Å². The molecular weight excluding hydrogens is 424 g/mol. The summed E-state index contributed by atoms with van der Waals surface area (Å²) in [7, 11) is 0. The second-order valence-electron chi connectivity index (χ2n) is 13.6. The zero-order valence-corrected chi connectivity index (χ0v) is 22.1. The molecule has 4 nitrogen and oxygen atoms in total. The van der Waals surface area contributed by atoms with Crippen LogP contribution in [0.25, 0.3) is 0 Å². The Kier molecular flexibility index (Phi) is 5.73. The monoisotopic (exact) mass is 468 g/mol. The highest BCUT2D eigenvalue weighted by atomic mass is 16.5. The summed E-state index contributed by atoms with van der Waals surface area (Å²) in [6.07, 6.45) is 11.5. The van der Waals surface area contributed by atoms with Gasteiger partial charge in [-0.3, -0.25) is 14.4 Å². The van der Waals surface area contributed by atoms with Crippen molar-refractivity contribution in [1.82, 2.24) is 0 Å². The van der Waals surface area contributed by atoms with Crippen molar-refractivity contribution in [3.05, 3.63) is 11.6 Å². The minimum absolute atomic E-state index is 0.00902. The van der Waals surface area contributed by atoms with Crippen LogP contribution in [0.2, 0.25) is 0 Å². The number of fused-ring (bicyclic) bond motifs is 7. The fourth-order valence-corrected chi connectivity index (χ4v) is 10.1. The molecule has 5 rings (SSSR count). The van der Waals surface area contributed by atoms with Gasteiger partial charge in [0, 0.05) is 18.8 Å². The molecule has 4 heteroatoms. The highest BCUT2D eigenvalue weighted by Gasteiger charge is 2.65. The van der Waals surface area contributed by atoms with Crippen molar-refractivity contribution in [1.29, 1.82) is 0 Å². The van der Waals surface area contributed by atoms with Gasteiger partial charge in [-0.2, -0.15) is 0 Å².